The third-order valence-corrected chi connectivity index (χ3v) is 5.18. The molecule has 0 aliphatic carbocycles. The van der Waals surface area contributed by atoms with Crippen molar-refractivity contribution in [3.05, 3.63) is 54.4 Å². The van der Waals surface area contributed by atoms with Crippen molar-refractivity contribution in [2.75, 3.05) is 13.7 Å². The van der Waals surface area contributed by atoms with Crippen LogP contribution in [-0.2, 0) is 26.9 Å². The summed E-state index contributed by atoms with van der Waals surface area (Å²) in [5, 5.41) is 9.43. The van der Waals surface area contributed by atoms with Crippen LogP contribution < -0.4 is 0 Å². The summed E-state index contributed by atoms with van der Waals surface area (Å²) in [6.07, 6.45) is 1.41. The van der Waals surface area contributed by atoms with Crippen LogP contribution in [-0.4, -0.2) is 36.9 Å². The molecule has 0 bridgehead atoms. The maximum Gasteiger partial charge on any atom is 0.249 e. The molecular formula is C16H17N3O3S. The SMILES string of the molecule is COCCn1cnnc1S(=O)(=O)Cc1cccc2ccccc12. The Morgan fingerprint density at radius 1 is 1.13 bits per heavy atom. The van der Waals surface area contributed by atoms with Gasteiger partial charge < -0.3 is 9.30 Å². The van der Waals surface area contributed by atoms with Gasteiger partial charge >= 0.3 is 0 Å². The Morgan fingerprint density at radius 3 is 2.74 bits per heavy atom. The summed E-state index contributed by atoms with van der Waals surface area (Å²) in [4.78, 5) is 0. The molecule has 1 aromatic heterocycles. The first-order valence-corrected chi connectivity index (χ1v) is 8.83. The Kier molecular flexibility index (Phi) is 4.40. The third kappa shape index (κ3) is 3.25. The Hall–Kier alpha value is -2.25. The first-order valence-electron chi connectivity index (χ1n) is 7.18. The number of hydrogen-bond acceptors (Lipinski definition) is 5. The Morgan fingerprint density at radius 2 is 1.91 bits per heavy atom. The van der Waals surface area contributed by atoms with Crippen LogP contribution >= 0.6 is 0 Å². The van der Waals surface area contributed by atoms with E-state index >= 15 is 0 Å². The summed E-state index contributed by atoms with van der Waals surface area (Å²) < 4.78 is 31.9. The van der Waals surface area contributed by atoms with E-state index in [-0.39, 0.29) is 10.9 Å². The lowest BCUT2D eigenvalue weighted by molar-refractivity contribution is 0.184. The standard InChI is InChI=1S/C16H17N3O3S/c1-22-10-9-19-12-17-18-16(19)23(20,21)11-14-7-4-6-13-5-2-3-8-15(13)14/h2-8,12H,9-11H2,1H3. The molecule has 0 N–H and O–H groups in total. The first-order chi connectivity index (χ1) is 11.1. The van der Waals surface area contributed by atoms with Crippen molar-refractivity contribution in [1.29, 1.82) is 0 Å². The van der Waals surface area contributed by atoms with Crippen LogP contribution in [0.3, 0.4) is 0 Å². The predicted molar refractivity (Wildman–Crippen MR) is 86.7 cm³/mol. The molecule has 0 spiro atoms. The monoisotopic (exact) mass is 331 g/mol. The normalized spacial score (nSPS) is 11.9. The molecule has 0 saturated carbocycles. The highest BCUT2D eigenvalue weighted by molar-refractivity contribution is 7.90. The average Bonchev–Trinajstić information content (AvgIpc) is 3.02. The van der Waals surface area contributed by atoms with Gasteiger partial charge in [0, 0.05) is 13.7 Å². The highest BCUT2D eigenvalue weighted by atomic mass is 32.2. The van der Waals surface area contributed by atoms with E-state index < -0.39 is 9.84 Å². The van der Waals surface area contributed by atoms with Crippen LogP contribution in [0, 0.1) is 0 Å². The van der Waals surface area contributed by atoms with Gasteiger partial charge in [0.15, 0.2) is 0 Å². The lowest BCUT2D eigenvalue weighted by Crippen LogP contribution is -2.15. The van der Waals surface area contributed by atoms with Crippen LogP contribution in [0.15, 0.2) is 53.9 Å². The summed E-state index contributed by atoms with van der Waals surface area (Å²) >= 11 is 0. The van der Waals surface area contributed by atoms with Crippen LogP contribution in [0.4, 0.5) is 0 Å². The molecule has 0 amide bonds. The highest BCUT2D eigenvalue weighted by Crippen LogP contribution is 2.22. The number of fused-ring (bicyclic) bond motifs is 1. The van der Waals surface area contributed by atoms with Crippen molar-refractivity contribution in [3.8, 4) is 0 Å². The summed E-state index contributed by atoms with van der Waals surface area (Å²) in [7, 11) is -2.02. The van der Waals surface area contributed by atoms with Gasteiger partial charge in [-0.05, 0) is 16.3 Å². The number of nitrogens with zero attached hydrogens (tertiary/aromatic N) is 3. The number of ether oxygens (including phenoxy) is 1. The molecule has 3 rings (SSSR count). The zero-order chi connectivity index (χ0) is 16.3. The molecule has 6 nitrogen and oxygen atoms in total. The van der Waals surface area contributed by atoms with Gasteiger partial charge in [-0.3, -0.25) is 0 Å². The van der Waals surface area contributed by atoms with Crippen LogP contribution in [0.25, 0.3) is 10.8 Å². The number of aromatic nitrogens is 3. The van der Waals surface area contributed by atoms with Crippen molar-refractivity contribution in [2.45, 2.75) is 17.5 Å². The van der Waals surface area contributed by atoms with E-state index in [0.29, 0.717) is 13.2 Å². The quantitative estimate of drug-likeness (QED) is 0.691. The summed E-state index contributed by atoms with van der Waals surface area (Å²) in [5.74, 6) is -0.111. The van der Waals surface area contributed by atoms with Gasteiger partial charge in [0.25, 0.3) is 0 Å². The van der Waals surface area contributed by atoms with E-state index in [2.05, 4.69) is 10.2 Å². The minimum absolute atomic E-state index is 0.0255. The number of sulfone groups is 1. The van der Waals surface area contributed by atoms with E-state index in [1.165, 1.54) is 10.9 Å². The van der Waals surface area contributed by atoms with Gasteiger partial charge in [-0.1, -0.05) is 42.5 Å². The largest absolute Gasteiger partial charge is 0.383 e. The van der Waals surface area contributed by atoms with Gasteiger partial charge in [-0.25, -0.2) is 8.42 Å². The van der Waals surface area contributed by atoms with Gasteiger partial charge in [-0.15, -0.1) is 10.2 Å². The Bertz CT molecular complexity index is 914. The van der Waals surface area contributed by atoms with Crippen LogP contribution in [0.2, 0.25) is 0 Å². The van der Waals surface area contributed by atoms with Crippen molar-refractivity contribution >= 4 is 20.6 Å². The van der Waals surface area contributed by atoms with E-state index in [9.17, 15) is 8.42 Å². The van der Waals surface area contributed by atoms with Crippen molar-refractivity contribution in [1.82, 2.24) is 14.8 Å². The lowest BCUT2D eigenvalue weighted by atomic mass is 10.1. The predicted octanol–water partition coefficient (Wildman–Crippen LogP) is 2.05. The molecule has 0 aliphatic heterocycles. The molecule has 0 atom stereocenters. The highest BCUT2D eigenvalue weighted by Gasteiger charge is 2.23. The molecule has 0 radical (unpaired) electrons. The van der Waals surface area contributed by atoms with Crippen molar-refractivity contribution < 1.29 is 13.2 Å². The molecule has 120 valence electrons. The fourth-order valence-electron chi connectivity index (χ4n) is 2.52. The van der Waals surface area contributed by atoms with E-state index in [1.807, 2.05) is 42.5 Å². The second kappa shape index (κ2) is 6.47. The molecule has 23 heavy (non-hydrogen) atoms. The third-order valence-electron chi connectivity index (χ3n) is 3.62. The summed E-state index contributed by atoms with van der Waals surface area (Å²) in [6.45, 7) is 0.794. The second-order valence-corrected chi connectivity index (χ2v) is 7.08. The van der Waals surface area contributed by atoms with E-state index in [4.69, 9.17) is 4.74 Å². The zero-order valence-corrected chi connectivity index (χ0v) is 13.5. The maximum atomic E-state index is 12.7. The molecule has 0 fully saturated rings. The number of hydrogen-bond donors (Lipinski definition) is 0. The van der Waals surface area contributed by atoms with Gasteiger partial charge in [-0.2, -0.15) is 0 Å². The summed E-state index contributed by atoms with van der Waals surface area (Å²) in [6, 6.07) is 13.4. The molecule has 3 aromatic rings. The Balaban J connectivity index is 1.96. The van der Waals surface area contributed by atoms with Gasteiger partial charge in [0.1, 0.15) is 6.33 Å². The zero-order valence-electron chi connectivity index (χ0n) is 12.7. The molecule has 2 aromatic carbocycles. The number of rotatable bonds is 6. The first kappa shape index (κ1) is 15.6. The van der Waals surface area contributed by atoms with Gasteiger partial charge in [0.05, 0.1) is 12.4 Å². The lowest BCUT2D eigenvalue weighted by Gasteiger charge is -2.09. The van der Waals surface area contributed by atoms with Crippen molar-refractivity contribution in [2.24, 2.45) is 0 Å². The van der Waals surface area contributed by atoms with E-state index in [1.54, 1.807) is 7.11 Å². The van der Waals surface area contributed by atoms with Crippen LogP contribution in [0.5, 0.6) is 0 Å². The molecule has 7 heteroatoms. The second-order valence-electron chi connectivity index (χ2n) is 5.20. The minimum atomic E-state index is -3.59. The smallest absolute Gasteiger partial charge is 0.249 e. The maximum absolute atomic E-state index is 12.7. The molecular weight excluding hydrogens is 314 g/mol. The fraction of sp³-hybridized carbons (Fsp3) is 0.250. The topological polar surface area (TPSA) is 74.1 Å². The molecule has 1 heterocycles. The van der Waals surface area contributed by atoms with Gasteiger partial charge in [0.2, 0.25) is 15.0 Å². The molecule has 0 aliphatic rings. The molecule has 0 saturated heterocycles. The van der Waals surface area contributed by atoms with Crippen molar-refractivity contribution in [3.63, 3.8) is 0 Å². The minimum Gasteiger partial charge on any atom is -0.383 e. The Labute approximate surface area is 134 Å². The summed E-state index contributed by atoms with van der Waals surface area (Å²) in [5.41, 5.74) is 0.754. The number of methoxy groups -OCH3 is 1. The van der Waals surface area contributed by atoms with Crippen LogP contribution in [0.1, 0.15) is 5.56 Å². The average molecular weight is 331 g/mol. The van der Waals surface area contributed by atoms with E-state index in [0.717, 1.165) is 16.3 Å². The fourth-order valence-corrected chi connectivity index (χ4v) is 3.97. The number of benzene rings is 2. The molecule has 0 unspecified atom stereocenters.